The number of carbonyl (C=O) groups is 2. The van der Waals surface area contributed by atoms with Gasteiger partial charge in [0.15, 0.2) is 0 Å². The maximum Gasteiger partial charge on any atom is 0.307 e. The Hall–Kier alpha value is -1.14. The van der Waals surface area contributed by atoms with Crippen LogP contribution in [0.25, 0.3) is 0 Å². The molecule has 2 rings (SSSR count). The SMILES string of the molecule is CC1C[C@H](C(=O)N2C[C@@H](O)[C@@H](O)C2)[C@H](C(=O)O)C1. The van der Waals surface area contributed by atoms with Crippen molar-refractivity contribution >= 4 is 11.9 Å². The molecular formula is C12H19NO5. The van der Waals surface area contributed by atoms with Crippen molar-refractivity contribution in [2.24, 2.45) is 17.8 Å². The number of carboxylic acids is 1. The van der Waals surface area contributed by atoms with Crippen LogP contribution in [0.1, 0.15) is 19.8 Å². The number of nitrogens with zero attached hydrogens (tertiary/aromatic N) is 1. The van der Waals surface area contributed by atoms with Crippen molar-refractivity contribution in [3.05, 3.63) is 0 Å². The molecular weight excluding hydrogens is 238 g/mol. The number of aliphatic carboxylic acids is 1. The normalized spacial score (nSPS) is 40.2. The fourth-order valence-electron chi connectivity index (χ4n) is 3.02. The van der Waals surface area contributed by atoms with Crippen LogP contribution in [0, 0.1) is 17.8 Å². The average Bonchev–Trinajstić information content (AvgIpc) is 2.82. The molecule has 5 atom stereocenters. The Labute approximate surface area is 105 Å². The van der Waals surface area contributed by atoms with Crippen molar-refractivity contribution in [1.82, 2.24) is 4.90 Å². The standard InChI is InChI=1S/C12H19NO5/c1-6-2-7(8(3-6)12(17)18)11(16)13-4-9(14)10(15)5-13/h6-10,14-15H,2-5H2,1H3,(H,17,18)/t6?,7-,8+,9-,10+/m0/s1. The monoisotopic (exact) mass is 257 g/mol. The van der Waals surface area contributed by atoms with Gasteiger partial charge in [-0.1, -0.05) is 6.92 Å². The van der Waals surface area contributed by atoms with Gasteiger partial charge in [-0.25, -0.2) is 0 Å². The Morgan fingerprint density at radius 1 is 1.06 bits per heavy atom. The number of aliphatic hydroxyl groups is 2. The minimum atomic E-state index is -0.932. The van der Waals surface area contributed by atoms with E-state index in [9.17, 15) is 19.8 Å². The minimum Gasteiger partial charge on any atom is -0.481 e. The number of hydrogen-bond acceptors (Lipinski definition) is 4. The Bertz CT molecular complexity index is 348. The molecule has 1 unspecified atom stereocenters. The maximum atomic E-state index is 12.2. The number of carbonyl (C=O) groups excluding carboxylic acids is 1. The van der Waals surface area contributed by atoms with Gasteiger partial charge in [-0.05, 0) is 18.8 Å². The zero-order valence-electron chi connectivity index (χ0n) is 10.3. The number of carboxylic acid groups (broad SMARTS) is 1. The van der Waals surface area contributed by atoms with E-state index in [2.05, 4.69) is 0 Å². The van der Waals surface area contributed by atoms with Crippen molar-refractivity contribution in [3.8, 4) is 0 Å². The van der Waals surface area contributed by atoms with Crippen LogP contribution in [0.2, 0.25) is 0 Å². The molecule has 6 heteroatoms. The molecule has 2 aliphatic rings. The van der Waals surface area contributed by atoms with E-state index in [1.54, 1.807) is 0 Å². The van der Waals surface area contributed by atoms with Crippen LogP contribution in [-0.4, -0.2) is 57.4 Å². The summed E-state index contributed by atoms with van der Waals surface area (Å²) in [6.45, 7) is 2.13. The first kappa shape index (κ1) is 13.3. The van der Waals surface area contributed by atoms with E-state index in [0.717, 1.165) is 0 Å². The number of β-amino-alcohol motifs (C(OH)–C–C–N with tert-alkyl or cyclic N) is 2. The zero-order chi connectivity index (χ0) is 13.4. The number of amides is 1. The Morgan fingerprint density at radius 3 is 2.06 bits per heavy atom. The number of hydrogen-bond donors (Lipinski definition) is 3. The van der Waals surface area contributed by atoms with E-state index in [-0.39, 0.29) is 24.9 Å². The lowest BCUT2D eigenvalue weighted by atomic mass is 9.95. The van der Waals surface area contributed by atoms with Crippen molar-refractivity contribution < 1.29 is 24.9 Å². The predicted octanol–water partition coefficient (Wildman–Crippen LogP) is -0.703. The van der Waals surface area contributed by atoms with Gasteiger partial charge in [0.25, 0.3) is 0 Å². The van der Waals surface area contributed by atoms with Crippen LogP contribution in [0.5, 0.6) is 0 Å². The van der Waals surface area contributed by atoms with E-state index in [1.807, 2.05) is 6.92 Å². The molecule has 1 aliphatic carbocycles. The third kappa shape index (κ3) is 2.35. The van der Waals surface area contributed by atoms with Gasteiger partial charge in [0.05, 0.1) is 24.0 Å². The summed E-state index contributed by atoms with van der Waals surface area (Å²) in [5.74, 6) is -2.12. The summed E-state index contributed by atoms with van der Waals surface area (Å²) in [4.78, 5) is 24.8. The number of likely N-dealkylation sites (tertiary alicyclic amines) is 1. The van der Waals surface area contributed by atoms with Crippen molar-refractivity contribution in [3.63, 3.8) is 0 Å². The van der Waals surface area contributed by atoms with Gasteiger partial charge >= 0.3 is 5.97 Å². The predicted molar refractivity (Wildman–Crippen MR) is 61.6 cm³/mol. The first-order valence-corrected chi connectivity index (χ1v) is 6.28. The minimum absolute atomic E-state index is 0.0945. The van der Waals surface area contributed by atoms with Gasteiger partial charge in [0.2, 0.25) is 5.91 Å². The molecule has 0 aromatic carbocycles. The van der Waals surface area contributed by atoms with E-state index in [0.29, 0.717) is 12.8 Å². The summed E-state index contributed by atoms with van der Waals surface area (Å²) in [6.07, 6.45) is -0.754. The van der Waals surface area contributed by atoms with Gasteiger partial charge in [-0.2, -0.15) is 0 Å². The lowest BCUT2D eigenvalue weighted by Gasteiger charge is -2.22. The maximum absolute atomic E-state index is 12.2. The van der Waals surface area contributed by atoms with Crippen LogP contribution >= 0.6 is 0 Å². The topological polar surface area (TPSA) is 98.1 Å². The quantitative estimate of drug-likeness (QED) is 0.607. The molecule has 18 heavy (non-hydrogen) atoms. The number of aliphatic hydroxyl groups excluding tert-OH is 2. The van der Waals surface area contributed by atoms with Gasteiger partial charge in [-0.15, -0.1) is 0 Å². The average molecular weight is 257 g/mol. The summed E-state index contributed by atoms with van der Waals surface area (Å²) >= 11 is 0. The first-order valence-electron chi connectivity index (χ1n) is 6.28. The van der Waals surface area contributed by atoms with E-state index in [4.69, 9.17) is 5.11 Å². The molecule has 1 amide bonds. The Balaban J connectivity index is 2.06. The fourth-order valence-corrected chi connectivity index (χ4v) is 3.02. The van der Waals surface area contributed by atoms with E-state index < -0.39 is 30.0 Å². The van der Waals surface area contributed by atoms with Crippen LogP contribution in [0.4, 0.5) is 0 Å². The van der Waals surface area contributed by atoms with Gasteiger partial charge < -0.3 is 20.2 Å². The molecule has 2 fully saturated rings. The molecule has 0 aromatic rings. The molecule has 3 N–H and O–H groups in total. The van der Waals surface area contributed by atoms with Crippen LogP contribution in [0.15, 0.2) is 0 Å². The second-order valence-corrected chi connectivity index (χ2v) is 5.51. The number of rotatable bonds is 2. The van der Waals surface area contributed by atoms with Crippen molar-refractivity contribution in [2.75, 3.05) is 13.1 Å². The van der Waals surface area contributed by atoms with Gasteiger partial charge in [0, 0.05) is 13.1 Å². The molecule has 1 saturated carbocycles. The molecule has 1 saturated heterocycles. The Kier molecular flexibility index (Phi) is 3.59. The molecule has 0 radical (unpaired) electrons. The highest BCUT2D eigenvalue weighted by Gasteiger charge is 2.45. The highest BCUT2D eigenvalue weighted by molar-refractivity contribution is 5.85. The molecule has 0 aromatic heterocycles. The van der Waals surface area contributed by atoms with Crippen molar-refractivity contribution in [2.45, 2.75) is 32.0 Å². The largest absolute Gasteiger partial charge is 0.481 e. The second kappa shape index (κ2) is 4.85. The Morgan fingerprint density at radius 2 is 1.56 bits per heavy atom. The van der Waals surface area contributed by atoms with Crippen LogP contribution < -0.4 is 0 Å². The van der Waals surface area contributed by atoms with Crippen LogP contribution in [0.3, 0.4) is 0 Å². The van der Waals surface area contributed by atoms with Gasteiger partial charge in [-0.3, -0.25) is 9.59 Å². The highest BCUT2D eigenvalue weighted by Crippen LogP contribution is 2.38. The molecule has 1 heterocycles. The lowest BCUT2D eigenvalue weighted by molar-refractivity contribution is -0.148. The summed E-state index contributed by atoms with van der Waals surface area (Å²) in [5, 5.41) is 28.0. The van der Waals surface area contributed by atoms with Crippen molar-refractivity contribution in [1.29, 1.82) is 0 Å². The second-order valence-electron chi connectivity index (χ2n) is 5.51. The van der Waals surface area contributed by atoms with Crippen LogP contribution in [-0.2, 0) is 9.59 Å². The third-order valence-corrected chi connectivity index (χ3v) is 4.00. The summed E-state index contributed by atoms with van der Waals surface area (Å²) < 4.78 is 0. The third-order valence-electron chi connectivity index (χ3n) is 4.00. The summed E-state index contributed by atoms with van der Waals surface area (Å²) in [5.41, 5.74) is 0. The molecule has 6 nitrogen and oxygen atoms in total. The smallest absolute Gasteiger partial charge is 0.307 e. The highest BCUT2D eigenvalue weighted by atomic mass is 16.4. The van der Waals surface area contributed by atoms with E-state index >= 15 is 0 Å². The fraction of sp³-hybridized carbons (Fsp3) is 0.833. The summed E-state index contributed by atoms with van der Waals surface area (Å²) in [6, 6.07) is 0. The van der Waals surface area contributed by atoms with Gasteiger partial charge in [0.1, 0.15) is 0 Å². The molecule has 0 bridgehead atoms. The molecule has 1 aliphatic heterocycles. The first-order chi connectivity index (χ1) is 8.40. The summed E-state index contributed by atoms with van der Waals surface area (Å²) in [7, 11) is 0. The molecule has 0 spiro atoms. The molecule has 102 valence electrons. The lowest BCUT2D eigenvalue weighted by Crippen LogP contribution is -2.38. The zero-order valence-corrected chi connectivity index (χ0v) is 10.3. The van der Waals surface area contributed by atoms with E-state index in [1.165, 1.54) is 4.90 Å².